The molecule has 0 heterocycles. The van der Waals surface area contributed by atoms with Crippen LogP contribution in [0.2, 0.25) is 0 Å². The zero-order chi connectivity index (χ0) is 25.9. The van der Waals surface area contributed by atoms with E-state index in [0.717, 1.165) is 17.8 Å². The predicted octanol–water partition coefficient (Wildman–Crippen LogP) is 11.3. The fourth-order valence-electron chi connectivity index (χ4n) is 8.56. The van der Waals surface area contributed by atoms with Crippen molar-refractivity contribution in [3.63, 3.8) is 0 Å². The second-order valence-electron chi connectivity index (χ2n) is 14.5. The fraction of sp³-hybridized carbons (Fsp3) is 0.758. The molecule has 1 unspecified atom stereocenters. The van der Waals surface area contributed by atoms with Crippen LogP contribution in [0.25, 0.3) is 5.57 Å². The average Bonchev–Trinajstić information content (AvgIpc) is 3.22. The Morgan fingerprint density at radius 2 is 1.11 bits per heavy atom. The Kier molecular flexibility index (Phi) is 8.11. The van der Waals surface area contributed by atoms with Crippen LogP contribution in [0.1, 0.15) is 139 Å². The van der Waals surface area contributed by atoms with Gasteiger partial charge in [-0.3, -0.25) is 0 Å². The van der Waals surface area contributed by atoms with Gasteiger partial charge >= 0.3 is 239 Å². The number of hydrogen-bond donors (Lipinski definition) is 0. The van der Waals surface area contributed by atoms with Crippen LogP contribution in [-0.2, 0) is 24.8 Å². The van der Waals surface area contributed by atoms with E-state index in [2.05, 4.69) is 59.7 Å². The molecule has 3 saturated carbocycles. The van der Waals surface area contributed by atoms with E-state index in [4.69, 9.17) is 17.0 Å². The maximum absolute atomic E-state index is 7.30. The molecule has 4 aliphatic carbocycles. The van der Waals surface area contributed by atoms with Crippen molar-refractivity contribution in [1.82, 2.24) is 0 Å². The van der Waals surface area contributed by atoms with Crippen molar-refractivity contribution in [3.05, 3.63) is 40.5 Å². The normalized spacial score (nSPS) is 41.3. The summed E-state index contributed by atoms with van der Waals surface area (Å²) < 4.78 is 0.336. The van der Waals surface area contributed by atoms with Gasteiger partial charge < -0.3 is 0 Å². The van der Waals surface area contributed by atoms with Crippen LogP contribution < -0.4 is 0 Å². The van der Waals surface area contributed by atoms with Gasteiger partial charge in [-0.2, -0.15) is 0 Å². The monoisotopic (exact) mass is 605 g/mol. The molecule has 1 atom stereocenters. The van der Waals surface area contributed by atoms with Gasteiger partial charge in [0.1, 0.15) is 0 Å². The minimum absolute atomic E-state index is 0.243. The standard InChI is InChI=1S/C33H49.2ClH.Zr/c1-23-10-16-31(4,17-11-23)28-9-7-8-26-27(28)22-29(32(5)18-12-24(2)13-19-32)30(26)33(6)20-14-25(3)15-21-33;;;/h7-9,22-25H,10-21H2,1-6H3;2*1H;/q;;;+2/p-2. The van der Waals surface area contributed by atoms with Crippen LogP contribution in [-0.4, -0.2) is 0 Å². The maximum atomic E-state index is 7.30. The number of allylic oxidation sites excluding steroid dienone is 2. The summed E-state index contributed by atoms with van der Waals surface area (Å²) >= 11 is -2.70. The van der Waals surface area contributed by atoms with Gasteiger partial charge in [-0.05, 0) is 0 Å². The van der Waals surface area contributed by atoms with Gasteiger partial charge in [0.05, 0.1) is 0 Å². The first-order valence-electron chi connectivity index (χ1n) is 15.0. The Balaban J connectivity index is 1.71. The fourth-order valence-corrected chi connectivity index (χ4v) is 14.2. The molecule has 1 aromatic rings. The summed E-state index contributed by atoms with van der Waals surface area (Å²) in [4.78, 5) is 0. The molecule has 4 aliphatic rings. The molecule has 36 heavy (non-hydrogen) atoms. The Morgan fingerprint density at radius 1 is 0.667 bits per heavy atom. The summed E-state index contributed by atoms with van der Waals surface area (Å²) in [6, 6.07) is 7.36. The first-order valence-corrected chi connectivity index (χ1v) is 22.8. The van der Waals surface area contributed by atoms with E-state index in [1.165, 1.54) is 77.0 Å². The van der Waals surface area contributed by atoms with Crippen molar-refractivity contribution in [3.8, 4) is 0 Å². The second kappa shape index (κ2) is 10.4. The molecular formula is C33H49Cl2Zr. The molecule has 0 saturated heterocycles. The summed E-state index contributed by atoms with van der Waals surface area (Å²) in [5.74, 6) is 2.55. The third-order valence-electron chi connectivity index (χ3n) is 11.5. The first-order chi connectivity index (χ1) is 17.0. The summed E-state index contributed by atoms with van der Waals surface area (Å²) in [5, 5.41) is 0. The van der Waals surface area contributed by atoms with Crippen molar-refractivity contribution in [2.24, 2.45) is 28.6 Å². The van der Waals surface area contributed by atoms with Gasteiger partial charge in [0.2, 0.25) is 0 Å². The molecule has 0 bridgehead atoms. The van der Waals surface area contributed by atoms with Gasteiger partial charge in [0.15, 0.2) is 0 Å². The third kappa shape index (κ3) is 4.92. The van der Waals surface area contributed by atoms with E-state index in [1.54, 1.807) is 27.8 Å². The number of benzene rings is 1. The van der Waals surface area contributed by atoms with Crippen molar-refractivity contribution in [1.29, 1.82) is 0 Å². The van der Waals surface area contributed by atoms with Gasteiger partial charge in [-0.1, -0.05) is 0 Å². The van der Waals surface area contributed by atoms with Crippen molar-refractivity contribution < 1.29 is 19.4 Å². The van der Waals surface area contributed by atoms with Crippen molar-refractivity contribution in [2.45, 2.75) is 128 Å². The molecule has 1 aromatic carbocycles. The molecule has 199 valence electrons. The van der Waals surface area contributed by atoms with E-state index in [0.29, 0.717) is 3.63 Å². The molecule has 5 rings (SSSR count). The molecule has 0 nitrogen and oxygen atoms in total. The van der Waals surface area contributed by atoms with Crippen LogP contribution in [0.3, 0.4) is 0 Å². The number of fused-ring (bicyclic) bond motifs is 1. The summed E-state index contributed by atoms with van der Waals surface area (Å²) in [5.41, 5.74) is 9.01. The van der Waals surface area contributed by atoms with Gasteiger partial charge in [0.25, 0.3) is 0 Å². The third-order valence-corrected chi connectivity index (χ3v) is 16.6. The minimum atomic E-state index is -2.70. The summed E-state index contributed by atoms with van der Waals surface area (Å²) in [7, 11) is 14.6. The molecular weight excluding hydrogens is 558 g/mol. The molecule has 3 heteroatoms. The van der Waals surface area contributed by atoms with Crippen LogP contribution in [0.4, 0.5) is 0 Å². The molecule has 0 amide bonds. The molecule has 3 fully saturated rings. The average molecular weight is 608 g/mol. The van der Waals surface area contributed by atoms with E-state index in [-0.39, 0.29) is 16.2 Å². The first kappa shape index (κ1) is 28.0. The SMILES string of the molecule is CC1CCC(C)(C2=C(C3(C)CCC(C)CC3)[CH]([Zr]([Cl])[Cl])c3c2cccc3C2(C)CCC(C)CC2)CC1. The van der Waals surface area contributed by atoms with Crippen LogP contribution >= 0.6 is 17.0 Å². The summed E-state index contributed by atoms with van der Waals surface area (Å²) in [6.45, 7) is 15.1. The van der Waals surface area contributed by atoms with Crippen LogP contribution in [0, 0.1) is 28.6 Å². The van der Waals surface area contributed by atoms with Gasteiger partial charge in [0, 0.05) is 0 Å². The Hall–Kier alpha value is 0.423. The Labute approximate surface area is 237 Å². The zero-order valence-corrected chi connectivity index (χ0v) is 27.8. The van der Waals surface area contributed by atoms with Gasteiger partial charge in [-0.15, -0.1) is 0 Å². The van der Waals surface area contributed by atoms with Gasteiger partial charge in [-0.25, -0.2) is 0 Å². The van der Waals surface area contributed by atoms with Crippen molar-refractivity contribution >= 4 is 22.6 Å². The second-order valence-corrected chi connectivity index (χ2v) is 23.3. The Morgan fingerprint density at radius 3 is 1.58 bits per heavy atom. The molecule has 0 aliphatic heterocycles. The molecule has 0 radical (unpaired) electrons. The van der Waals surface area contributed by atoms with Crippen LogP contribution in [0.15, 0.2) is 23.8 Å². The van der Waals surface area contributed by atoms with Crippen LogP contribution in [0.5, 0.6) is 0 Å². The molecule has 0 aromatic heterocycles. The zero-order valence-electron chi connectivity index (χ0n) is 23.8. The molecule has 0 N–H and O–H groups in total. The number of hydrogen-bond acceptors (Lipinski definition) is 0. The predicted molar refractivity (Wildman–Crippen MR) is 154 cm³/mol. The van der Waals surface area contributed by atoms with E-state index in [1.807, 2.05) is 0 Å². The molecule has 0 spiro atoms. The van der Waals surface area contributed by atoms with E-state index < -0.39 is 19.4 Å². The number of rotatable bonds is 4. The summed E-state index contributed by atoms with van der Waals surface area (Å²) in [6.07, 6.45) is 15.9. The quantitative estimate of drug-likeness (QED) is 0.319. The number of halogens is 2. The van der Waals surface area contributed by atoms with Crippen molar-refractivity contribution in [2.75, 3.05) is 0 Å². The van der Waals surface area contributed by atoms with E-state index in [9.17, 15) is 0 Å². The Bertz CT molecular complexity index is 983. The van der Waals surface area contributed by atoms with E-state index >= 15 is 0 Å². The topological polar surface area (TPSA) is 0 Å².